The van der Waals surface area contributed by atoms with Crippen molar-refractivity contribution in [3.63, 3.8) is 0 Å². The smallest absolute Gasteiger partial charge is 0.309 e. The Bertz CT molecular complexity index is 1190. The van der Waals surface area contributed by atoms with Crippen LogP contribution in [-0.2, 0) is 33.2 Å². The molecule has 1 fully saturated rings. The number of aromatic nitrogens is 4. The lowest BCUT2D eigenvalue weighted by molar-refractivity contribution is -0.152. The number of carbonyl (C=O) groups excluding carboxylic acids is 1. The van der Waals surface area contributed by atoms with Gasteiger partial charge in [0.2, 0.25) is 5.82 Å². The molecule has 0 saturated carbocycles. The fraction of sp³-hybridized carbons (Fsp3) is 0.429. The molecule has 4 rings (SSSR count). The summed E-state index contributed by atoms with van der Waals surface area (Å²) in [4.78, 5) is 20.8. The van der Waals surface area contributed by atoms with Crippen LogP contribution in [-0.4, -0.2) is 51.5 Å². The molecule has 170 valence electrons. The van der Waals surface area contributed by atoms with Crippen molar-refractivity contribution in [2.24, 2.45) is 13.0 Å². The maximum Gasteiger partial charge on any atom is 0.309 e. The van der Waals surface area contributed by atoms with E-state index in [1.165, 1.54) is 10.5 Å². The summed E-state index contributed by atoms with van der Waals surface area (Å²) in [6, 6.07) is 7.69. The summed E-state index contributed by atoms with van der Waals surface area (Å²) in [6.45, 7) is 4.08. The molecule has 0 spiro atoms. The zero-order chi connectivity index (χ0) is 22.9. The van der Waals surface area contributed by atoms with Gasteiger partial charge >= 0.3 is 5.97 Å². The van der Waals surface area contributed by atoms with Crippen LogP contribution in [0.15, 0.2) is 40.0 Å². The molecule has 1 aromatic carbocycles. The van der Waals surface area contributed by atoms with Crippen LogP contribution in [0.1, 0.15) is 30.1 Å². The highest BCUT2D eigenvalue weighted by atomic mass is 32.2. The van der Waals surface area contributed by atoms with E-state index in [9.17, 15) is 13.2 Å². The van der Waals surface area contributed by atoms with E-state index in [0.717, 1.165) is 11.1 Å². The Morgan fingerprint density at radius 2 is 1.84 bits per heavy atom. The van der Waals surface area contributed by atoms with Crippen molar-refractivity contribution in [1.82, 2.24) is 24.0 Å². The highest BCUT2D eigenvalue weighted by Crippen LogP contribution is 2.25. The van der Waals surface area contributed by atoms with Crippen molar-refractivity contribution in [1.29, 1.82) is 0 Å². The monoisotopic (exact) mass is 459 g/mol. The van der Waals surface area contributed by atoms with Crippen LogP contribution >= 0.6 is 0 Å². The van der Waals surface area contributed by atoms with Gasteiger partial charge in [0.05, 0.1) is 5.92 Å². The molecule has 1 aliphatic rings. The van der Waals surface area contributed by atoms with Gasteiger partial charge in [0, 0.05) is 31.9 Å². The molecule has 0 bridgehead atoms. The van der Waals surface area contributed by atoms with Gasteiger partial charge in [-0.25, -0.2) is 13.4 Å². The second kappa shape index (κ2) is 8.83. The molecule has 32 heavy (non-hydrogen) atoms. The van der Waals surface area contributed by atoms with E-state index in [2.05, 4.69) is 15.1 Å². The molecule has 10 nitrogen and oxygen atoms in total. The Kier molecular flexibility index (Phi) is 6.11. The van der Waals surface area contributed by atoms with E-state index >= 15 is 0 Å². The van der Waals surface area contributed by atoms with Crippen molar-refractivity contribution < 1.29 is 22.5 Å². The third kappa shape index (κ3) is 4.58. The molecule has 0 amide bonds. The van der Waals surface area contributed by atoms with Crippen LogP contribution < -0.4 is 0 Å². The third-order valence-electron chi connectivity index (χ3n) is 5.59. The number of ether oxygens (including phenoxy) is 1. The number of aryl methyl sites for hydroxylation is 3. The van der Waals surface area contributed by atoms with Gasteiger partial charge in [-0.1, -0.05) is 35.0 Å². The number of imidazole rings is 1. The Hall–Kier alpha value is -3.05. The Balaban J connectivity index is 1.30. The number of rotatable bonds is 6. The molecule has 11 heteroatoms. The van der Waals surface area contributed by atoms with E-state index in [-0.39, 0.29) is 36.5 Å². The standard InChI is InChI=1S/C21H25N5O5S/c1-14-4-6-16(7-5-14)20-23-18(31-24-20)13-30-21(27)17-8-10-26(11-9-17)32(28,29)19-12-25(3)15(2)22-19/h4-7,12,17H,8-11,13H2,1-3H3. The summed E-state index contributed by atoms with van der Waals surface area (Å²) in [7, 11) is -1.93. The fourth-order valence-corrected chi connectivity index (χ4v) is 4.99. The molecule has 0 unspecified atom stereocenters. The average molecular weight is 460 g/mol. The van der Waals surface area contributed by atoms with Gasteiger partial charge in [0.15, 0.2) is 11.6 Å². The first-order chi connectivity index (χ1) is 15.2. The van der Waals surface area contributed by atoms with E-state index in [0.29, 0.717) is 24.5 Å². The Morgan fingerprint density at radius 1 is 1.16 bits per heavy atom. The zero-order valence-electron chi connectivity index (χ0n) is 18.2. The molecule has 1 aliphatic heterocycles. The average Bonchev–Trinajstić information content (AvgIpc) is 3.39. The third-order valence-corrected chi connectivity index (χ3v) is 7.36. The normalized spacial score (nSPS) is 15.7. The lowest BCUT2D eigenvalue weighted by atomic mass is 9.98. The van der Waals surface area contributed by atoms with Crippen molar-refractivity contribution in [3.05, 3.63) is 47.7 Å². The lowest BCUT2D eigenvalue weighted by Gasteiger charge is -2.29. The summed E-state index contributed by atoms with van der Waals surface area (Å²) in [5.41, 5.74) is 1.94. The number of piperidine rings is 1. The zero-order valence-corrected chi connectivity index (χ0v) is 19.0. The van der Waals surface area contributed by atoms with Crippen LogP contribution in [0.25, 0.3) is 11.4 Å². The van der Waals surface area contributed by atoms with Crippen molar-refractivity contribution >= 4 is 16.0 Å². The van der Waals surface area contributed by atoms with Gasteiger partial charge in [0.1, 0.15) is 5.82 Å². The second-order valence-corrected chi connectivity index (χ2v) is 9.79. The van der Waals surface area contributed by atoms with Crippen molar-refractivity contribution in [2.45, 2.75) is 38.3 Å². The van der Waals surface area contributed by atoms with E-state index in [1.54, 1.807) is 18.5 Å². The summed E-state index contributed by atoms with van der Waals surface area (Å²) in [5, 5.41) is 3.95. The first-order valence-electron chi connectivity index (χ1n) is 10.3. The maximum atomic E-state index is 12.8. The van der Waals surface area contributed by atoms with Gasteiger partial charge < -0.3 is 13.8 Å². The van der Waals surface area contributed by atoms with E-state index in [1.807, 2.05) is 31.2 Å². The summed E-state index contributed by atoms with van der Waals surface area (Å²) in [5.74, 6) is 0.476. The largest absolute Gasteiger partial charge is 0.455 e. The molecule has 1 saturated heterocycles. The molecule has 0 atom stereocenters. The minimum Gasteiger partial charge on any atom is -0.455 e. The molecule has 0 radical (unpaired) electrons. The lowest BCUT2D eigenvalue weighted by Crippen LogP contribution is -2.40. The fourth-order valence-electron chi connectivity index (χ4n) is 3.50. The molecule has 3 heterocycles. The van der Waals surface area contributed by atoms with Crippen LogP contribution in [0.4, 0.5) is 0 Å². The Morgan fingerprint density at radius 3 is 2.47 bits per heavy atom. The number of sulfonamides is 1. The molecular weight excluding hydrogens is 434 g/mol. The molecule has 2 aromatic heterocycles. The van der Waals surface area contributed by atoms with Gasteiger partial charge in [-0.05, 0) is 26.7 Å². The van der Waals surface area contributed by atoms with Gasteiger partial charge in [-0.2, -0.15) is 9.29 Å². The van der Waals surface area contributed by atoms with Crippen LogP contribution in [0, 0.1) is 19.8 Å². The maximum absolute atomic E-state index is 12.8. The predicted molar refractivity (Wildman–Crippen MR) is 114 cm³/mol. The SMILES string of the molecule is Cc1ccc(-c2noc(COC(=O)C3CCN(S(=O)(=O)c4cn(C)c(C)n4)CC3)n2)cc1. The number of esters is 1. The highest BCUT2D eigenvalue weighted by molar-refractivity contribution is 7.89. The minimum atomic E-state index is -3.68. The van der Waals surface area contributed by atoms with Gasteiger partial charge in [-0.3, -0.25) is 4.79 Å². The quantitative estimate of drug-likeness (QED) is 0.515. The van der Waals surface area contributed by atoms with E-state index < -0.39 is 16.0 Å². The van der Waals surface area contributed by atoms with Crippen molar-refractivity contribution in [2.75, 3.05) is 13.1 Å². The number of hydrogen-bond acceptors (Lipinski definition) is 8. The summed E-state index contributed by atoms with van der Waals surface area (Å²) >= 11 is 0. The summed E-state index contributed by atoms with van der Waals surface area (Å²) in [6.07, 6.45) is 2.25. The predicted octanol–water partition coefficient (Wildman–Crippen LogP) is 2.23. The molecule has 0 N–H and O–H groups in total. The van der Waals surface area contributed by atoms with Crippen LogP contribution in [0.2, 0.25) is 0 Å². The van der Waals surface area contributed by atoms with Crippen LogP contribution in [0.5, 0.6) is 0 Å². The van der Waals surface area contributed by atoms with Crippen LogP contribution in [0.3, 0.4) is 0 Å². The molecular formula is C21H25N5O5S. The highest BCUT2D eigenvalue weighted by Gasteiger charge is 2.34. The molecule has 0 aliphatic carbocycles. The molecule has 3 aromatic rings. The number of nitrogens with zero attached hydrogens (tertiary/aromatic N) is 5. The van der Waals surface area contributed by atoms with Crippen molar-refractivity contribution in [3.8, 4) is 11.4 Å². The Labute approximate surface area is 186 Å². The number of hydrogen-bond donors (Lipinski definition) is 0. The van der Waals surface area contributed by atoms with E-state index in [4.69, 9.17) is 9.26 Å². The van der Waals surface area contributed by atoms with Gasteiger partial charge in [0.25, 0.3) is 15.9 Å². The first-order valence-corrected chi connectivity index (χ1v) is 11.7. The number of carbonyl (C=O) groups is 1. The first kappa shape index (κ1) is 22.2. The summed E-state index contributed by atoms with van der Waals surface area (Å²) < 4.78 is 39.1. The minimum absolute atomic E-state index is 0.0271. The number of benzene rings is 1. The topological polar surface area (TPSA) is 120 Å². The second-order valence-electron chi connectivity index (χ2n) is 7.90. The van der Waals surface area contributed by atoms with Gasteiger partial charge in [-0.15, -0.1) is 0 Å².